The zero-order chi connectivity index (χ0) is 14.7. The number of nitrogens with zero attached hydrogens (tertiary/aromatic N) is 2. The second-order valence-corrected chi connectivity index (χ2v) is 4.98. The zero-order valence-electron chi connectivity index (χ0n) is 12.1. The Bertz CT molecular complexity index is 505. The molecule has 6 heteroatoms. The topological polar surface area (TPSA) is 84.3 Å². The molecule has 0 saturated carbocycles. The van der Waals surface area contributed by atoms with Crippen LogP contribution in [0.3, 0.4) is 0 Å². The lowest BCUT2D eigenvalue weighted by Gasteiger charge is -2.19. The minimum atomic E-state index is -0.958. The monoisotopic (exact) mass is 279 g/mol. The van der Waals surface area contributed by atoms with E-state index in [1.807, 2.05) is 20.8 Å². The van der Waals surface area contributed by atoms with Crippen molar-refractivity contribution in [3.63, 3.8) is 0 Å². The highest BCUT2D eigenvalue weighted by Gasteiger charge is 2.28. The summed E-state index contributed by atoms with van der Waals surface area (Å²) in [6, 6.07) is 0.0829. The standard InChI is InChI=1S/C14H21N3O3/c1-4-9-10(5-2)16-17-13(12(9)14(18)19)15-11-6-7-20-8(11)3/h8,11H,4-7H2,1-3H3,(H,15,17)(H,18,19). The van der Waals surface area contributed by atoms with Crippen LogP contribution in [0.15, 0.2) is 0 Å². The van der Waals surface area contributed by atoms with Crippen LogP contribution in [0.5, 0.6) is 0 Å². The normalized spacial score (nSPS) is 21.9. The quantitative estimate of drug-likeness (QED) is 0.856. The van der Waals surface area contributed by atoms with Crippen molar-refractivity contribution in [3.8, 4) is 0 Å². The second-order valence-electron chi connectivity index (χ2n) is 4.98. The number of hydrogen-bond acceptors (Lipinski definition) is 5. The van der Waals surface area contributed by atoms with Crippen LogP contribution in [0.1, 0.15) is 48.8 Å². The maximum absolute atomic E-state index is 11.6. The Morgan fingerprint density at radius 1 is 1.40 bits per heavy atom. The van der Waals surface area contributed by atoms with Crippen molar-refractivity contribution in [1.82, 2.24) is 10.2 Å². The van der Waals surface area contributed by atoms with E-state index in [0.717, 1.165) is 17.7 Å². The molecule has 6 nitrogen and oxygen atoms in total. The van der Waals surface area contributed by atoms with E-state index in [1.165, 1.54) is 0 Å². The van der Waals surface area contributed by atoms with Crippen molar-refractivity contribution in [1.29, 1.82) is 0 Å². The summed E-state index contributed by atoms with van der Waals surface area (Å²) in [4.78, 5) is 11.6. The van der Waals surface area contributed by atoms with Gasteiger partial charge in [0, 0.05) is 6.61 Å². The molecule has 20 heavy (non-hydrogen) atoms. The number of carbonyl (C=O) groups is 1. The van der Waals surface area contributed by atoms with Crippen molar-refractivity contribution >= 4 is 11.8 Å². The van der Waals surface area contributed by atoms with Crippen LogP contribution in [0.2, 0.25) is 0 Å². The Kier molecular flexibility index (Phi) is 4.54. The predicted molar refractivity (Wildman–Crippen MR) is 75.2 cm³/mol. The smallest absolute Gasteiger partial charge is 0.339 e. The molecule has 2 heterocycles. The van der Waals surface area contributed by atoms with Crippen molar-refractivity contribution in [2.75, 3.05) is 11.9 Å². The largest absolute Gasteiger partial charge is 0.478 e. The van der Waals surface area contributed by atoms with Crippen LogP contribution in [0.4, 0.5) is 5.82 Å². The SMILES string of the molecule is CCc1nnc(NC2CCOC2C)c(C(=O)O)c1CC. The molecular formula is C14H21N3O3. The molecule has 2 unspecified atom stereocenters. The van der Waals surface area contributed by atoms with E-state index in [4.69, 9.17) is 4.74 Å². The van der Waals surface area contributed by atoms with Gasteiger partial charge in [0.2, 0.25) is 0 Å². The number of nitrogens with one attached hydrogen (secondary N) is 1. The molecule has 0 amide bonds. The molecule has 0 aromatic carbocycles. The van der Waals surface area contributed by atoms with Crippen LogP contribution in [0, 0.1) is 0 Å². The molecule has 0 bridgehead atoms. The molecular weight excluding hydrogens is 258 g/mol. The molecule has 2 atom stereocenters. The average Bonchev–Trinajstić information content (AvgIpc) is 2.83. The number of aromatic carboxylic acids is 1. The maximum atomic E-state index is 11.6. The molecule has 0 aliphatic carbocycles. The number of rotatable bonds is 5. The number of anilines is 1. The van der Waals surface area contributed by atoms with Crippen LogP contribution < -0.4 is 5.32 Å². The van der Waals surface area contributed by atoms with Gasteiger partial charge in [0.05, 0.1) is 17.8 Å². The van der Waals surface area contributed by atoms with E-state index >= 15 is 0 Å². The Hall–Kier alpha value is -1.69. The van der Waals surface area contributed by atoms with Gasteiger partial charge in [-0.3, -0.25) is 0 Å². The van der Waals surface area contributed by atoms with Crippen LogP contribution >= 0.6 is 0 Å². The zero-order valence-corrected chi connectivity index (χ0v) is 12.1. The predicted octanol–water partition coefficient (Wildman–Crippen LogP) is 1.89. The Morgan fingerprint density at radius 3 is 2.65 bits per heavy atom. The lowest BCUT2D eigenvalue weighted by Crippen LogP contribution is -2.29. The van der Waals surface area contributed by atoms with E-state index in [2.05, 4.69) is 15.5 Å². The van der Waals surface area contributed by atoms with Crippen molar-refractivity contribution in [2.24, 2.45) is 0 Å². The Balaban J connectivity index is 2.39. The second kappa shape index (κ2) is 6.17. The van der Waals surface area contributed by atoms with Gasteiger partial charge in [0.1, 0.15) is 5.56 Å². The first-order valence-corrected chi connectivity index (χ1v) is 7.08. The van der Waals surface area contributed by atoms with E-state index in [1.54, 1.807) is 0 Å². The molecule has 2 rings (SSSR count). The fourth-order valence-corrected chi connectivity index (χ4v) is 2.60. The summed E-state index contributed by atoms with van der Waals surface area (Å²) in [5.74, 6) is -0.602. The Labute approximate surface area is 118 Å². The molecule has 1 aromatic heterocycles. The average molecular weight is 279 g/mol. The summed E-state index contributed by atoms with van der Waals surface area (Å²) in [7, 11) is 0. The third-order valence-electron chi connectivity index (χ3n) is 3.76. The minimum Gasteiger partial charge on any atom is -0.478 e. The van der Waals surface area contributed by atoms with Gasteiger partial charge in [0.15, 0.2) is 5.82 Å². The highest BCUT2D eigenvalue weighted by Crippen LogP contribution is 2.24. The van der Waals surface area contributed by atoms with Gasteiger partial charge in [0.25, 0.3) is 0 Å². The summed E-state index contributed by atoms with van der Waals surface area (Å²) in [6.07, 6.45) is 2.21. The first kappa shape index (κ1) is 14.7. The first-order valence-electron chi connectivity index (χ1n) is 7.08. The number of carboxylic acids is 1. The van der Waals surface area contributed by atoms with Gasteiger partial charge in [-0.05, 0) is 31.7 Å². The fourth-order valence-electron chi connectivity index (χ4n) is 2.60. The van der Waals surface area contributed by atoms with Gasteiger partial charge in [-0.15, -0.1) is 5.10 Å². The molecule has 1 saturated heterocycles. The highest BCUT2D eigenvalue weighted by molar-refractivity contribution is 5.95. The van der Waals surface area contributed by atoms with Crippen LogP contribution in [-0.4, -0.2) is 40.0 Å². The molecule has 2 N–H and O–H groups in total. The molecule has 0 spiro atoms. The van der Waals surface area contributed by atoms with Crippen molar-refractivity contribution < 1.29 is 14.6 Å². The lowest BCUT2D eigenvalue weighted by molar-refractivity contribution is 0.0695. The summed E-state index contributed by atoms with van der Waals surface area (Å²) in [6.45, 7) is 6.55. The number of hydrogen-bond donors (Lipinski definition) is 2. The third-order valence-corrected chi connectivity index (χ3v) is 3.76. The summed E-state index contributed by atoms with van der Waals surface area (Å²) < 4.78 is 5.48. The molecule has 1 aromatic rings. The van der Waals surface area contributed by atoms with E-state index in [9.17, 15) is 9.90 Å². The lowest BCUT2D eigenvalue weighted by atomic mass is 10.0. The third kappa shape index (κ3) is 2.75. The summed E-state index contributed by atoms with van der Waals surface area (Å²) in [5, 5.41) is 20.9. The van der Waals surface area contributed by atoms with Gasteiger partial charge in [-0.2, -0.15) is 5.10 Å². The van der Waals surface area contributed by atoms with Crippen LogP contribution in [0.25, 0.3) is 0 Å². The molecule has 1 fully saturated rings. The highest BCUT2D eigenvalue weighted by atomic mass is 16.5. The van der Waals surface area contributed by atoms with E-state index in [-0.39, 0.29) is 17.7 Å². The molecule has 110 valence electrons. The minimum absolute atomic E-state index is 0.0503. The van der Waals surface area contributed by atoms with Gasteiger partial charge >= 0.3 is 5.97 Å². The van der Waals surface area contributed by atoms with Gasteiger partial charge in [-0.25, -0.2) is 4.79 Å². The number of ether oxygens (including phenoxy) is 1. The van der Waals surface area contributed by atoms with Crippen molar-refractivity contribution in [2.45, 2.75) is 52.2 Å². The van der Waals surface area contributed by atoms with Gasteiger partial charge < -0.3 is 15.2 Å². The van der Waals surface area contributed by atoms with E-state index in [0.29, 0.717) is 25.3 Å². The first-order chi connectivity index (χ1) is 9.58. The summed E-state index contributed by atoms with van der Waals surface area (Å²) >= 11 is 0. The fraction of sp³-hybridized carbons (Fsp3) is 0.643. The number of carboxylic acid groups (broad SMARTS) is 1. The Morgan fingerprint density at radius 2 is 2.15 bits per heavy atom. The number of aromatic nitrogens is 2. The van der Waals surface area contributed by atoms with Crippen molar-refractivity contribution in [3.05, 3.63) is 16.8 Å². The van der Waals surface area contributed by atoms with Gasteiger partial charge in [-0.1, -0.05) is 13.8 Å². The molecule has 1 aliphatic rings. The number of aryl methyl sites for hydroxylation is 1. The molecule has 1 aliphatic heterocycles. The van der Waals surface area contributed by atoms with Crippen LogP contribution in [-0.2, 0) is 17.6 Å². The molecule has 0 radical (unpaired) electrons. The maximum Gasteiger partial charge on any atom is 0.339 e. The van der Waals surface area contributed by atoms with E-state index < -0.39 is 5.97 Å². The summed E-state index contributed by atoms with van der Waals surface area (Å²) in [5.41, 5.74) is 1.77.